The molecule has 40 heavy (non-hydrogen) atoms. The Morgan fingerprint density at radius 1 is 1.05 bits per heavy atom. The first kappa shape index (κ1) is 29.9. The molecular weight excluding hydrogens is 547 g/mol. The Bertz CT molecular complexity index is 1430. The fourth-order valence-corrected chi connectivity index (χ4v) is 6.22. The van der Waals surface area contributed by atoms with E-state index in [4.69, 9.17) is 9.47 Å². The van der Waals surface area contributed by atoms with Gasteiger partial charge >= 0.3 is 6.18 Å². The first-order chi connectivity index (χ1) is 18.9. The lowest BCUT2D eigenvalue weighted by molar-refractivity contribution is -0.159. The maximum Gasteiger partial charge on any atom is 0.408 e. The molecule has 2 N–H and O–H groups in total. The zero-order valence-corrected chi connectivity index (χ0v) is 23.4. The van der Waals surface area contributed by atoms with Crippen molar-refractivity contribution in [3.8, 4) is 17.0 Å². The van der Waals surface area contributed by atoms with Gasteiger partial charge < -0.3 is 19.4 Å². The SMILES string of the molecule is COCCOc1ccc(-c2cc3ccc(S(=O)(=O)NC4CCC(C(=O)NC(C)C(F)(F)F)CC4)cc3n2C)cc1. The molecule has 1 heterocycles. The van der Waals surface area contributed by atoms with E-state index in [1.807, 2.05) is 47.3 Å². The second kappa shape index (κ2) is 12.2. The zero-order valence-electron chi connectivity index (χ0n) is 22.6. The predicted octanol–water partition coefficient (Wildman–Crippen LogP) is 4.77. The van der Waals surface area contributed by atoms with Crippen LogP contribution in [-0.2, 0) is 26.6 Å². The quantitative estimate of drug-likeness (QED) is 0.336. The Labute approximate surface area is 231 Å². The number of nitrogens with one attached hydrogen (secondary N) is 2. The molecule has 1 saturated carbocycles. The lowest BCUT2D eigenvalue weighted by atomic mass is 9.86. The normalized spacial score (nSPS) is 18.9. The van der Waals surface area contributed by atoms with E-state index in [0.717, 1.165) is 34.8 Å². The fraction of sp³-hybridized carbons (Fsp3) is 0.464. The van der Waals surface area contributed by atoms with Crippen LogP contribution in [0.5, 0.6) is 5.75 Å². The fourth-order valence-electron chi connectivity index (χ4n) is 4.89. The van der Waals surface area contributed by atoms with Crippen molar-refractivity contribution in [2.24, 2.45) is 13.0 Å². The number of carbonyl (C=O) groups is 1. The Balaban J connectivity index is 1.41. The van der Waals surface area contributed by atoms with Crippen molar-refractivity contribution in [3.63, 3.8) is 0 Å². The number of hydrogen-bond donors (Lipinski definition) is 2. The van der Waals surface area contributed by atoms with Gasteiger partial charge in [0.2, 0.25) is 15.9 Å². The summed E-state index contributed by atoms with van der Waals surface area (Å²) in [6.07, 6.45) is -3.18. The first-order valence-electron chi connectivity index (χ1n) is 13.1. The van der Waals surface area contributed by atoms with Crippen LogP contribution in [0.4, 0.5) is 13.2 Å². The summed E-state index contributed by atoms with van der Waals surface area (Å²) in [5, 5.41) is 2.90. The number of ether oxygens (including phenoxy) is 2. The van der Waals surface area contributed by atoms with Gasteiger partial charge in [0.25, 0.3) is 0 Å². The summed E-state index contributed by atoms with van der Waals surface area (Å²) in [7, 11) is -0.373. The first-order valence-corrected chi connectivity index (χ1v) is 14.6. The van der Waals surface area contributed by atoms with E-state index < -0.39 is 40.1 Å². The minimum atomic E-state index is -4.51. The molecule has 3 aromatic rings. The van der Waals surface area contributed by atoms with Crippen LogP contribution in [0, 0.1) is 5.92 Å². The van der Waals surface area contributed by atoms with Crippen LogP contribution >= 0.6 is 0 Å². The highest BCUT2D eigenvalue weighted by Crippen LogP contribution is 2.31. The molecule has 8 nitrogen and oxygen atoms in total. The summed E-state index contributed by atoms with van der Waals surface area (Å²) in [6, 6.07) is 12.2. The highest BCUT2D eigenvalue weighted by atomic mass is 32.2. The van der Waals surface area contributed by atoms with Crippen molar-refractivity contribution in [3.05, 3.63) is 48.5 Å². The third-order valence-corrected chi connectivity index (χ3v) is 8.82. The number of methoxy groups -OCH3 is 1. The van der Waals surface area contributed by atoms with Crippen molar-refractivity contribution < 1.29 is 35.9 Å². The van der Waals surface area contributed by atoms with Gasteiger partial charge in [0.15, 0.2) is 0 Å². The molecule has 1 atom stereocenters. The number of amides is 1. The monoisotopic (exact) mass is 581 g/mol. The average Bonchev–Trinajstić information content (AvgIpc) is 3.24. The van der Waals surface area contributed by atoms with E-state index in [-0.39, 0.29) is 4.90 Å². The summed E-state index contributed by atoms with van der Waals surface area (Å²) in [4.78, 5) is 12.4. The number of alkyl halides is 3. The molecule has 218 valence electrons. The van der Waals surface area contributed by atoms with Crippen LogP contribution in [0.3, 0.4) is 0 Å². The third-order valence-electron chi connectivity index (χ3n) is 7.30. The zero-order chi connectivity index (χ0) is 29.1. The minimum Gasteiger partial charge on any atom is -0.491 e. The lowest BCUT2D eigenvalue weighted by Gasteiger charge is -2.29. The molecule has 0 aliphatic heterocycles. The number of carbonyl (C=O) groups excluding carboxylic acids is 1. The molecule has 12 heteroatoms. The van der Waals surface area contributed by atoms with Gasteiger partial charge in [-0.05, 0) is 80.6 Å². The van der Waals surface area contributed by atoms with Gasteiger partial charge in [-0.15, -0.1) is 0 Å². The number of aryl methyl sites for hydroxylation is 1. The third kappa shape index (κ3) is 6.97. The Kier molecular flexibility index (Phi) is 9.11. The van der Waals surface area contributed by atoms with Gasteiger partial charge in [-0.1, -0.05) is 6.07 Å². The van der Waals surface area contributed by atoms with Crippen molar-refractivity contribution in [1.82, 2.24) is 14.6 Å². The number of hydrogen-bond acceptors (Lipinski definition) is 5. The number of benzene rings is 2. The van der Waals surface area contributed by atoms with Crippen molar-refractivity contribution in [2.75, 3.05) is 20.3 Å². The van der Waals surface area contributed by atoms with Crippen LogP contribution in [-0.4, -0.2) is 57.5 Å². The van der Waals surface area contributed by atoms with Gasteiger partial charge in [-0.3, -0.25) is 4.79 Å². The van der Waals surface area contributed by atoms with E-state index in [1.54, 1.807) is 25.3 Å². The maximum atomic E-state index is 13.2. The second-order valence-corrected chi connectivity index (χ2v) is 11.8. The summed E-state index contributed by atoms with van der Waals surface area (Å²) >= 11 is 0. The van der Waals surface area contributed by atoms with E-state index in [2.05, 4.69) is 4.72 Å². The average molecular weight is 582 g/mol. The number of rotatable bonds is 10. The summed E-state index contributed by atoms with van der Waals surface area (Å²) < 4.78 is 79.9. The molecule has 0 spiro atoms. The van der Waals surface area contributed by atoms with E-state index >= 15 is 0 Å². The molecule has 1 unspecified atom stereocenters. The molecule has 4 rings (SSSR count). The molecule has 1 aliphatic rings. The predicted molar refractivity (Wildman–Crippen MR) is 145 cm³/mol. The molecule has 1 amide bonds. The topological polar surface area (TPSA) is 98.7 Å². The molecule has 2 aromatic carbocycles. The maximum absolute atomic E-state index is 13.2. The summed E-state index contributed by atoms with van der Waals surface area (Å²) in [5.41, 5.74) is 2.61. The number of aromatic nitrogens is 1. The highest BCUT2D eigenvalue weighted by molar-refractivity contribution is 7.89. The largest absolute Gasteiger partial charge is 0.491 e. The highest BCUT2D eigenvalue weighted by Gasteiger charge is 2.38. The second-order valence-electron chi connectivity index (χ2n) is 10.1. The lowest BCUT2D eigenvalue weighted by Crippen LogP contribution is -2.47. The molecule has 0 radical (unpaired) electrons. The van der Waals surface area contributed by atoms with Gasteiger partial charge in [0, 0.05) is 42.7 Å². The molecule has 1 aliphatic carbocycles. The number of halogens is 3. The number of nitrogens with zero attached hydrogens (tertiary/aromatic N) is 1. The standard InChI is InChI=1S/C28H34F3N3O5S/c1-18(28(29,30)31)32-27(35)20-4-9-22(10-5-20)33-40(36,37)24-13-8-21-16-25(34(2)26(21)17-24)19-6-11-23(12-7-19)39-15-14-38-3/h6-8,11-13,16-18,20,22,33H,4-5,9-10,14-15H2,1-3H3,(H,32,35). The van der Waals surface area contributed by atoms with E-state index in [0.29, 0.717) is 38.9 Å². The van der Waals surface area contributed by atoms with Crippen LogP contribution in [0.25, 0.3) is 22.2 Å². The van der Waals surface area contributed by atoms with Crippen molar-refractivity contribution in [2.45, 2.75) is 55.8 Å². The molecule has 1 fully saturated rings. The van der Waals surface area contributed by atoms with Crippen LogP contribution in [0.15, 0.2) is 53.4 Å². The molecule has 1 aromatic heterocycles. The Morgan fingerprint density at radius 3 is 2.35 bits per heavy atom. The number of fused-ring (bicyclic) bond motifs is 1. The minimum absolute atomic E-state index is 0.119. The molecule has 0 bridgehead atoms. The van der Waals surface area contributed by atoms with Crippen LogP contribution in [0.2, 0.25) is 0 Å². The van der Waals surface area contributed by atoms with E-state index in [9.17, 15) is 26.4 Å². The van der Waals surface area contributed by atoms with Gasteiger partial charge in [0.1, 0.15) is 18.4 Å². The van der Waals surface area contributed by atoms with Gasteiger partial charge in [-0.25, -0.2) is 13.1 Å². The Morgan fingerprint density at radius 2 is 1.73 bits per heavy atom. The Hall–Kier alpha value is -3.09. The summed E-state index contributed by atoms with van der Waals surface area (Å²) in [5.74, 6) is -0.497. The van der Waals surface area contributed by atoms with Crippen LogP contribution < -0.4 is 14.8 Å². The molecule has 0 saturated heterocycles. The van der Waals surface area contributed by atoms with Gasteiger partial charge in [-0.2, -0.15) is 13.2 Å². The molecular formula is C28H34F3N3O5S. The van der Waals surface area contributed by atoms with Crippen molar-refractivity contribution in [1.29, 1.82) is 0 Å². The summed E-state index contributed by atoms with van der Waals surface area (Å²) in [6.45, 7) is 1.85. The smallest absolute Gasteiger partial charge is 0.408 e. The van der Waals surface area contributed by atoms with Crippen molar-refractivity contribution >= 4 is 26.8 Å². The van der Waals surface area contributed by atoms with Gasteiger partial charge in [0.05, 0.1) is 11.5 Å². The van der Waals surface area contributed by atoms with Crippen LogP contribution in [0.1, 0.15) is 32.6 Å². The van der Waals surface area contributed by atoms with E-state index in [1.165, 1.54) is 0 Å². The number of sulfonamides is 1.